The molecule has 3 amide bonds. The third-order valence-corrected chi connectivity index (χ3v) is 4.78. The van der Waals surface area contributed by atoms with Gasteiger partial charge in [-0.05, 0) is 25.5 Å². The Morgan fingerprint density at radius 2 is 2.20 bits per heavy atom. The predicted molar refractivity (Wildman–Crippen MR) is 88.6 cm³/mol. The van der Waals surface area contributed by atoms with E-state index >= 15 is 0 Å². The van der Waals surface area contributed by atoms with Gasteiger partial charge in [-0.25, -0.2) is 10.3 Å². The molecule has 0 spiro atoms. The molecule has 2 atom stereocenters. The highest BCUT2D eigenvalue weighted by Gasteiger charge is 2.33. The van der Waals surface area contributed by atoms with Gasteiger partial charge in [0.05, 0.1) is 18.7 Å². The van der Waals surface area contributed by atoms with Gasteiger partial charge in [0, 0.05) is 31.3 Å². The van der Waals surface area contributed by atoms with E-state index in [2.05, 4.69) is 0 Å². The second kappa shape index (κ2) is 7.28. The van der Waals surface area contributed by atoms with E-state index < -0.39 is 5.91 Å². The zero-order valence-corrected chi connectivity index (χ0v) is 14.4. The van der Waals surface area contributed by atoms with Crippen LogP contribution in [0.15, 0.2) is 18.2 Å². The monoisotopic (exact) mass is 349 g/mol. The molecule has 1 fully saturated rings. The van der Waals surface area contributed by atoms with Crippen LogP contribution in [0.4, 0.5) is 4.79 Å². The Hall–Kier alpha value is -2.32. The molecule has 0 aromatic heterocycles. The molecule has 136 valence electrons. The molecule has 2 aliphatic rings. The number of rotatable bonds is 2. The number of hydroxylamine groups is 1. The standard InChI is InChI=1S/C17H23N3O5/c1-11-10-25-15-7-12(16(21)18-23)3-4-13(15)8-20(11)17(22)19-6-5-14(9-19)24-2/h3-4,7,11,14,23H,5-6,8-10H2,1-2H3,(H,18,21)/t11-,14?/m0/s1. The van der Waals surface area contributed by atoms with Crippen LogP contribution in [0.5, 0.6) is 5.75 Å². The number of urea groups is 1. The Morgan fingerprint density at radius 3 is 2.88 bits per heavy atom. The van der Waals surface area contributed by atoms with Gasteiger partial charge >= 0.3 is 6.03 Å². The van der Waals surface area contributed by atoms with Crippen molar-refractivity contribution in [2.75, 3.05) is 26.8 Å². The summed E-state index contributed by atoms with van der Waals surface area (Å²) >= 11 is 0. The molecule has 1 aromatic carbocycles. The molecule has 8 nitrogen and oxygen atoms in total. The number of benzene rings is 1. The van der Waals surface area contributed by atoms with Crippen LogP contribution in [0.3, 0.4) is 0 Å². The first-order chi connectivity index (χ1) is 12.0. The summed E-state index contributed by atoms with van der Waals surface area (Å²) in [5.41, 5.74) is 2.74. The number of carbonyl (C=O) groups is 2. The average Bonchev–Trinajstić information content (AvgIpc) is 3.06. The van der Waals surface area contributed by atoms with Gasteiger partial charge in [0.1, 0.15) is 12.4 Å². The lowest BCUT2D eigenvalue weighted by Gasteiger charge is -2.30. The highest BCUT2D eigenvalue weighted by molar-refractivity contribution is 5.93. The van der Waals surface area contributed by atoms with Gasteiger partial charge in [-0.2, -0.15) is 0 Å². The molecular weight excluding hydrogens is 326 g/mol. The van der Waals surface area contributed by atoms with Gasteiger partial charge in [-0.3, -0.25) is 10.0 Å². The van der Waals surface area contributed by atoms with Crippen molar-refractivity contribution >= 4 is 11.9 Å². The van der Waals surface area contributed by atoms with E-state index in [4.69, 9.17) is 14.7 Å². The molecule has 1 unspecified atom stereocenters. The van der Waals surface area contributed by atoms with Gasteiger partial charge in [0.2, 0.25) is 0 Å². The first kappa shape index (κ1) is 17.5. The van der Waals surface area contributed by atoms with Gasteiger partial charge < -0.3 is 19.3 Å². The minimum atomic E-state index is -0.598. The zero-order chi connectivity index (χ0) is 18.0. The molecule has 1 saturated heterocycles. The van der Waals surface area contributed by atoms with Crippen molar-refractivity contribution < 1.29 is 24.3 Å². The van der Waals surface area contributed by atoms with E-state index in [9.17, 15) is 9.59 Å². The van der Waals surface area contributed by atoms with Gasteiger partial charge in [0.25, 0.3) is 5.91 Å². The van der Waals surface area contributed by atoms with Crippen molar-refractivity contribution in [2.24, 2.45) is 0 Å². The quantitative estimate of drug-likeness (QED) is 0.619. The lowest BCUT2D eigenvalue weighted by atomic mass is 10.1. The maximum absolute atomic E-state index is 12.9. The molecule has 0 aliphatic carbocycles. The number of ether oxygens (including phenoxy) is 2. The highest BCUT2D eigenvalue weighted by Crippen LogP contribution is 2.28. The maximum Gasteiger partial charge on any atom is 0.320 e. The molecule has 25 heavy (non-hydrogen) atoms. The SMILES string of the molecule is COC1CCN(C(=O)N2Cc3ccc(C(=O)NO)cc3OC[C@@H]2C)C1. The van der Waals surface area contributed by atoms with E-state index in [-0.39, 0.29) is 18.2 Å². The van der Waals surface area contributed by atoms with E-state index in [0.717, 1.165) is 12.0 Å². The molecule has 0 bridgehead atoms. The van der Waals surface area contributed by atoms with Crippen LogP contribution in [0.25, 0.3) is 0 Å². The second-order valence-corrected chi connectivity index (χ2v) is 6.43. The van der Waals surface area contributed by atoms with Crippen molar-refractivity contribution in [2.45, 2.75) is 32.0 Å². The van der Waals surface area contributed by atoms with Crippen molar-refractivity contribution in [1.29, 1.82) is 0 Å². The van der Waals surface area contributed by atoms with Crippen LogP contribution in [-0.4, -0.2) is 65.9 Å². The molecule has 0 saturated carbocycles. The van der Waals surface area contributed by atoms with E-state index in [1.54, 1.807) is 35.7 Å². The number of nitrogens with zero attached hydrogens (tertiary/aromatic N) is 2. The number of amides is 3. The molecule has 2 aliphatic heterocycles. The van der Waals surface area contributed by atoms with Gasteiger partial charge in [-0.15, -0.1) is 0 Å². The number of methoxy groups -OCH3 is 1. The fourth-order valence-electron chi connectivity index (χ4n) is 3.20. The van der Waals surface area contributed by atoms with Crippen molar-refractivity contribution in [3.8, 4) is 5.75 Å². The summed E-state index contributed by atoms with van der Waals surface area (Å²) in [6.45, 7) is 3.97. The third-order valence-electron chi connectivity index (χ3n) is 4.78. The van der Waals surface area contributed by atoms with E-state index in [0.29, 0.717) is 37.6 Å². The largest absolute Gasteiger partial charge is 0.491 e. The number of hydrogen-bond donors (Lipinski definition) is 2. The van der Waals surface area contributed by atoms with Crippen LogP contribution < -0.4 is 10.2 Å². The molecule has 8 heteroatoms. The minimum absolute atomic E-state index is 0.0272. The lowest BCUT2D eigenvalue weighted by Crippen LogP contribution is -2.47. The molecule has 1 aromatic rings. The van der Waals surface area contributed by atoms with Crippen molar-refractivity contribution in [1.82, 2.24) is 15.3 Å². The number of hydrogen-bond acceptors (Lipinski definition) is 5. The van der Waals surface area contributed by atoms with Crippen molar-refractivity contribution in [3.05, 3.63) is 29.3 Å². The number of nitrogens with one attached hydrogen (secondary N) is 1. The Bertz CT molecular complexity index is 666. The normalized spacial score (nSPS) is 22.8. The summed E-state index contributed by atoms with van der Waals surface area (Å²) in [5.74, 6) is -0.0428. The number of carbonyl (C=O) groups excluding carboxylic acids is 2. The third kappa shape index (κ3) is 3.54. The first-order valence-corrected chi connectivity index (χ1v) is 8.32. The summed E-state index contributed by atoms with van der Waals surface area (Å²) in [6, 6.07) is 4.80. The minimum Gasteiger partial charge on any atom is -0.491 e. The molecular formula is C17H23N3O5. The molecule has 2 N–H and O–H groups in total. The lowest BCUT2D eigenvalue weighted by molar-refractivity contribution is 0.0706. The highest BCUT2D eigenvalue weighted by atomic mass is 16.5. The summed E-state index contributed by atoms with van der Waals surface area (Å²) in [4.78, 5) is 28.1. The summed E-state index contributed by atoms with van der Waals surface area (Å²) in [5, 5.41) is 8.76. The molecule has 2 heterocycles. The Balaban J connectivity index is 1.78. The van der Waals surface area contributed by atoms with Crippen LogP contribution in [-0.2, 0) is 11.3 Å². The fourth-order valence-corrected chi connectivity index (χ4v) is 3.20. The van der Waals surface area contributed by atoms with Crippen LogP contribution in [0.1, 0.15) is 29.3 Å². The van der Waals surface area contributed by atoms with Crippen molar-refractivity contribution in [3.63, 3.8) is 0 Å². The maximum atomic E-state index is 12.9. The predicted octanol–water partition coefficient (Wildman–Crippen LogP) is 1.23. The average molecular weight is 349 g/mol. The van der Waals surface area contributed by atoms with E-state index in [1.165, 1.54) is 0 Å². The van der Waals surface area contributed by atoms with Gasteiger partial charge in [0.15, 0.2) is 0 Å². The topological polar surface area (TPSA) is 91.3 Å². The Morgan fingerprint density at radius 1 is 1.40 bits per heavy atom. The number of fused-ring (bicyclic) bond motifs is 1. The first-order valence-electron chi connectivity index (χ1n) is 8.32. The Kier molecular flexibility index (Phi) is 5.10. The second-order valence-electron chi connectivity index (χ2n) is 6.43. The molecule has 3 rings (SSSR count). The van der Waals surface area contributed by atoms with Crippen LogP contribution in [0.2, 0.25) is 0 Å². The zero-order valence-electron chi connectivity index (χ0n) is 14.4. The Labute approximate surface area is 146 Å². The summed E-state index contributed by atoms with van der Waals surface area (Å²) in [6.07, 6.45) is 0.936. The smallest absolute Gasteiger partial charge is 0.320 e. The summed E-state index contributed by atoms with van der Waals surface area (Å²) < 4.78 is 11.1. The van der Waals surface area contributed by atoms with Crippen LogP contribution in [0, 0.1) is 0 Å². The van der Waals surface area contributed by atoms with Crippen LogP contribution >= 0.6 is 0 Å². The summed E-state index contributed by atoms with van der Waals surface area (Å²) in [7, 11) is 1.66. The number of likely N-dealkylation sites (tertiary alicyclic amines) is 1. The molecule has 0 radical (unpaired) electrons. The fraction of sp³-hybridized carbons (Fsp3) is 0.529. The van der Waals surface area contributed by atoms with Gasteiger partial charge in [-0.1, -0.05) is 6.07 Å². The van der Waals surface area contributed by atoms with E-state index in [1.807, 2.05) is 11.8 Å².